The highest BCUT2D eigenvalue weighted by Gasteiger charge is 2.35. The first-order chi connectivity index (χ1) is 13.1. The maximum atomic E-state index is 12.7. The molecule has 10 heteroatoms. The molecule has 0 aromatic carbocycles. The standard InChI is InChI=1S/C18H19F3N4O3/c1-11-9-15(18(19,20)21)23-25(11)10-16(26)24-7-5-12(6-8-24)13-3-2-4-14(22-13)17(27)28/h2-4,9,12H,5-8,10H2,1H3,(H,27,28). The van der Waals surface area contributed by atoms with Crippen molar-refractivity contribution in [3.05, 3.63) is 47.0 Å². The smallest absolute Gasteiger partial charge is 0.435 e. The second kappa shape index (κ2) is 7.61. The summed E-state index contributed by atoms with van der Waals surface area (Å²) in [6, 6.07) is 5.75. The molecule has 0 radical (unpaired) electrons. The monoisotopic (exact) mass is 396 g/mol. The number of halogens is 3. The van der Waals surface area contributed by atoms with E-state index in [1.165, 1.54) is 13.0 Å². The highest BCUT2D eigenvalue weighted by molar-refractivity contribution is 5.85. The van der Waals surface area contributed by atoms with Crippen molar-refractivity contribution in [2.45, 2.75) is 38.4 Å². The van der Waals surface area contributed by atoms with Crippen LogP contribution in [0.15, 0.2) is 24.3 Å². The summed E-state index contributed by atoms with van der Waals surface area (Å²) in [5, 5.41) is 12.5. The van der Waals surface area contributed by atoms with Gasteiger partial charge in [0.1, 0.15) is 12.2 Å². The van der Waals surface area contributed by atoms with Gasteiger partial charge in [0.05, 0.1) is 0 Å². The van der Waals surface area contributed by atoms with E-state index in [1.54, 1.807) is 17.0 Å². The number of carboxylic acids is 1. The molecule has 0 spiro atoms. The largest absolute Gasteiger partial charge is 0.477 e. The van der Waals surface area contributed by atoms with Crippen LogP contribution in [0.4, 0.5) is 13.2 Å². The van der Waals surface area contributed by atoms with E-state index < -0.39 is 17.8 Å². The maximum Gasteiger partial charge on any atom is 0.435 e. The third-order valence-corrected chi connectivity index (χ3v) is 4.81. The zero-order valence-electron chi connectivity index (χ0n) is 15.1. The van der Waals surface area contributed by atoms with E-state index >= 15 is 0 Å². The molecule has 7 nitrogen and oxygen atoms in total. The summed E-state index contributed by atoms with van der Waals surface area (Å²) in [5.41, 5.74) is -0.0958. The molecule has 1 fully saturated rings. The topological polar surface area (TPSA) is 88.3 Å². The van der Waals surface area contributed by atoms with E-state index in [0.717, 1.165) is 10.7 Å². The Bertz CT molecular complexity index is 886. The molecule has 1 N–H and O–H groups in total. The van der Waals surface area contributed by atoms with Crippen LogP contribution in [0.25, 0.3) is 0 Å². The number of rotatable bonds is 4. The van der Waals surface area contributed by atoms with Crippen LogP contribution in [0.2, 0.25) is 0 Å². The molecule has 1 aliphatic rings. The Balaban J connectivity index is 1.61. The number of carbonyl (C=O) groups is 2. The summed E-state index contributed by atoms with van der Waals surface area (Å²) in [4.78, 5) is 29.2. The summed E-state index contributed by atoms with van der Waals surface area (Å²) in [6.45, 7) is 2.08. The maximum absolute atomic E-state index is 12.7. The summed E-state index contributed by atoms with van der Waals surface area (Å²) < 4.78 is 39.3. The van der Waals surface area contributed by atoms with Crippen LogP contribution in [0.5, 0.6) is 0 Å². The SMILES string of the molecule is Cc1cc(C(F)(F)F)nn1CC(=O)N1CCC(c2cccc(C(=O)O)n2)CC1. The molecule has 1 aliphatic heterocycles. The van der Waals surface area contributed by atoms with Gasteiger partial charge in [-0.15, -0.1) is 0 Å². The number of aromatic carboxylic acids is 1. The second-order valence-electron chi connectivity index (χ2n) is 6.73. The van der Waals surface area contributed by atoms with Gasteiger partial charge in [0.25, 0.3) is 0 Å². The molecule has 0 aliphatic carbocycles. The van der Waals surface area contributed by atoms with Crippen molar-refractivity contribution in [3.63, 3.8) is 0 Å². The molecule has 3 rings (SSSR count). The Morgan fingerprint density at radius 2 is 1.93 bits per heavy atom. The van der Waals surface area contributed by atoms with Gasteiger partial charge in [-0.1, -0.05) is 6.07 Å². The van der Waals surface area contributed by atoms with Crippen molar-refractivity contribution in [2.75, 3.05) is 13.1 Å². The number of piperidine rings is 1. The van der Waals surface area contributed by atoms with Crippen LogP contribution in [-0.4, -0.2) is 49.7 Å². The van der Waals surface area contributed by atoms with Gasteiger partial charge in [0, 0.05) is 30.4 Å². The quantitative estimate of drug-likeness (QED) is 0.859. The van der Waals surface area contributed by atoms with Crippen LogP contribution in [0, 0.1) is 6.92 Å². The van der Waals surface area contributed by atoms with E-state index in [1.807, 2.05) is 0 Å². The average Bonchev–Trinajstić information content (AvgIpc) is 3.03. The number of aryl methyl sites for hydroxylation is 1. The number of likely N-dealkylation sites (tertiary alicyclic amines) is 1. The van der Waals surface area contributed by atoms with E-state index in [0.29, 0.717) is 31.6 Å². The minimum absolute atomic E-state index is 0.0226. The van der Waals surface area contributed by atoms with Crippen molar-refractivity contribution in [3.8, 4) is 0 Å². The Labute approximate surface area is 158 Å². The molecule has 0 unspecified atom stereocenters. The lowest BCUT2D eigenvalue weighted by molar-refractivity contribution is -0.142. The molecule has 28 heavy (non-hydrogen) atoms. The van der Waals surface area contributed by atoms with Crippen molar-refractivity contribution in [2.24, 2.45) is 0 Å². The van der Waals surface area contributed by atoms with E-state index in [9.17, 15) is 22.8 Å². The number of amides is 1. The van der Waals surface area contributed by atoms with Gasteiger partial charge in [0.15, 0.2) is 5.69 Å². The summed E-state index contributed by atoms with van der Waals surface area (Å²) >= 11 is 0. The van der Waals surface area contributed by atoms with Gasteiger partial charge in [-0.25, -0.2) is 9.78 Å². The van der Waals surface area contributed by atoms with E-state index in [-0.39, 0.29) is 29.8 Å². The molecule has 0 bridgehead atoms. The van der Waals surface area contributed by atoms with Crippen LogP contribution < -0.4 is 0 Å². The van der Waals surface area contributed by atoms with Crippen molar-refractivity contribution in [1.29, 1.82) is 0 Å². The number of carboxylic acid groups (broad SMARTS) is 1. The van der Waals surface area contributed by atoms with Gasteiger partial charge in [0.2, 0.25) is 5.91 Å². The number of carbonyl (C=O) groups excluding carboxylic acids is 1. The summed E-state index contributed by atoms with van der Waals surface area (Å²) in [5.74, 6) is -1.36. The Morgan fingerprint density at radius 1 is 1.25 bits per heavy atom. The van der Waals surface area contributed by atoms with Crippen LogP contribution in [-0.2, 0) is 17.5 Å². The average molecular weight is 396 g/mol. The number of hydrogen-bond donors (Lipinski definition) is 1. The second-order valence-corrected chi connectivity index (χ2v) is 6.73. The first kappa shape index (κ1) is 19.8. The Kier molecular flexibility index (Phi) is 5.39. The van der Waals surface area contributed by atoms with Crippen LogP contribution in [0.3, 0.4) is 0 Å². The molecule has 2 aromatic heterocycles. The number of alkyl halides is 3. The zero-order chi connectivity index (χ0) is 20.5. The number of nitrogens with zero attached hydrogens (tertiary/aromatic N) is 4. The highest BCUT2D eigenvalue weighted by Crippen LogP contribution is 2.29. The first-order valence-electron chi connectivity index (χ1n) is 8.75. The van der Waals surface area contributed by atoms with Crippen molar-refractivity contribution in [1.82, 2.24) is 19.7 Å². The third-order valence-electron chi connectivity index (χ3n) is 4.81. The molecular weight excluding hydrogens is 377 g/mol. The number of aromatic nitrogens is 3. The van der Waals surface area contributed by atoms with E-state index in [2.05, 4.69) is 10.1 Å². The van der Waals surface area contributed by atoms with Crippen molar-refractivity contribution < 1.29 is 27.9 Å². The fourth-order valence-electron chi connectivity index (χ4n) is 3.26. The number of hydrogen-bond acceptors (Lipinski definition) is 4. The summed E-state index contributed by atoms with van der Waals surface area (Å²) in [7, 11) is 0. The van der Waals surface area contributed by atoms with Gasteiger partial charge in [-0.05, 0) is 38.0 Å². The van der Waals surface area contributed by atoms with Crippen LogP contribution >= 0.6 is 0 Å². The lowest BCUT2D eigenvalue weighted by Crippen LogP contribution is -2.40. The number of pyridine rings is 1. The minimum atomic E-state index is -4.55. The fourth-order valence-corrected chi connectivity index (χ4v) is 3.26. The zero-order valence-corrected chi connectivity index (χ0v) is 15.1. The fraction of sp³-hybridized carbons (Fsp3) is 0.444. The highest BCUT2D eigenvalue weighted by atomic mass is 19.4. The molecule has 0 atom stereocenters. The molecular formula is C18H19F3N4O3. The predicted molar refractivity (Wildman–Crippen MR) is 91.7 cm³/mol. The molecule has 1 saturated heterocycles. The van der Waals surface area contributed by atoms with Gasteiger partial charge in [-0.2, -0.15) is 18.3 Å². The van der Waals surface area contributed by atoms with Crippen LogP contribution in [0.1, 0.15) is 46.3 Å². The third kappa shape index (κ3) is 4.32. The molecule has 2 aromatic rings. The minimum Gasteiger partial charge on any atom is -0.477 e. The molecule has 0 saturated carbocycles. The first-order valence-corrected chi connectivity index (χ1v) is 8.75. The van der Waals surface area contributed by atoms with Gasteiger partial charge >= 0.3 is 12.1 Å². The Morgan fingerprint density at radius 3 is 2.50 bits per heavy atom. The van der Waals surface area contributed by atoms with Crippen molar-refractivity contribution >= 4 is 11.9 Å². The summed E-state index contributed by atoms with van der Waals surface area (Å²) in [6.07, 6.45) is -3.34. The lowest BCUT2D eigenvalue weighted by atomic mass is 9.93. The Hall–Kier alpha value is -2.91. The lowest BCUT2D eigenvalue weighted by Gasteiger charge is -2.32. The molecule has 1 amide bonds. The molecule has 3 heterocycles. The van der Waals surface area contributed by atoms with Gasteiger partial charge in [-0.3, -0.25) is 9.48 Å². The van der Waals surface area contributed by atoms with Gasteiger partial charge < -0.3 is 10.0 Å². The van der Waals surface area contributed by atoms with E-state index in [4.69, 9.17) is 5.11 Å². The molecule has 150 valence electrons. The normalized spacial score (nSPS) is 15.6. The predicted octanol–water partition coefficient (Wildman–Crippen LogP) is 2.71.